The third-order valence-corrected chi connectivity index (χ3v) is 5.97. The maximum atomic E-state index is 13.4. The summed E-state index contributed by atoms with van der Waals surface area (Å²) in [5.74, 6) is 0.525. The second-order valence-electron chi connectivity index (χ2n) is 8.16. The van der Waals surface area contributed by atoms with Gasteiger partial charge in [-0.2, -0.15) is 0 Å². The molecule has 4 rings (SSSR count). The number of amides is 1. The van der Waals surface area contributed by atoms with Crippen LogP contribution in [0.25, 0.3) is 0 Å². The number of hydrogen-bond donors (Lipinski definition) is 1. The Morgan fingerprint density at radius 2 is 1.68 bits per heavy atom. The number of rotatable bonds is 9. The smallest absolute Gasteiger partial charge is 0.264 e. The van der Waals surface area contributed by atoms with E-state index >= 15 is 0 Å². The Hall–Kier alpha value is -3.84. The highest BCUT2D eigenvalue weighted by Gasteiger charge is 2.50. The van der Waals surface area contributed by atoms with Crippen molar-refractivity contribution in [1.29, 1.82) is 0 Å². The molecule has 7 heteroatoms. The number of methoxy groups -OCH3 is 2. The van der Waals surface area contributed by atoms with Gasteiger partial charge in [0.1, 0.15) is 23.9 Å². The molecule has 0 bridgehead atoms. The zero-order valence-electron chi connectivity index (χ0n) is 19.4. The molecule has 0 aromatic heterocycles. The average molecular weight is 462 g/mol. The molecule has 1 aliphatic heterocycles. The largest absolute Gasteiger partial charge is 0.497 e. The van der Waals surface area contributed by atoms with Crippen molar-refractivity contribution in [3.63, 3.8) is 0 Å². The number of aliphatic hydroxyl groups is 1. The van der Waals surface area contributed by atoms with E-state index in [0.29, 0.717) is 28.5 Å². The summed E-state index contributed by atoms with van der Waals surface area (Å²) in [5.41, 5.74) is 0.324. The van der Waals surface area contributed by atoms with Gasteiger partial charge in [-0.1, -0.05) is 35.9 Å². The van der Waals surface area contributed by atoms with Crippen LogP contribution in [0.3, 0.4) is 0 Å². The Morgan fingerprint density at radius 1 is 0.971 bits per heavy atom. The van der Waals surface area contributed by atoms with Gasteiger partial charge in [0.15, 0.2) is 11.4 Å². The number of carbonyl (C=O) groups is 2. The van der Waals surface area contributed by atoms with Crippen molar-refractivity contribution in [2.75, 3.05) is 32.3 Å². The Morgan fingerprint density at radius 3 is 2.38 bits per heavy atom. The number of hydrogen-bond acceptors (Lipinski definition) is 6. The van der Waals surface area contributed by atoms with Gasteiger partial charge in [0, 0.05) is 5.56 Å². The number of fused-ring (bicyclic) bond motifs is 1. The van der Waals surface area contributed by atoms with Gasteiger partial charge in [0.05, 0.1) is 38.4 Å². The molecular weight excluding hydrogens is 434 g/mol. The van der Waals surface area contributed by atoms with E-state index in [0.717, 1.165) is 5.56 Å². The molecule has 0 radical (unpaired) electrons. The Labute approximate surface area is 198 Å². The molecule has 3 aromatic rings. The first kappa shape index (κ1) is 23.3. The van der Waals surface area contributed by atoms with E-state index < -0.39 is 23.7 Å². The van der Waals surface area contributed by atoms with Crippen molar-refractivity contribution >= 4 is 17.4 Å². The van der Waals surface area contributed by atoms with Gasteiger partial charge in [0.2, 0.25) is 0 Å². The lowest BCUT2D eigenvalue weighted by Gasteiger charge is -2.23. The van der Waals surface area contributed by atoms with Crippen LogP contribution in [0.4, 0.5) is 5.69 Å². The minimum atomic E-state index is -1.99. The first-order chi connectivity index (χ1) is 16.4. The van der Waals surface area contributed by atoms with Gasteiger partial charge < -0.3 is 24.2 Å². The van der Waals surface area contributed by atoms with Crippen molar-refractivity contribution in [2.24, 2.45) is 0 Å². The quantitative estimate of drug-likeness (QED) is 0.487. The van der Waals surface area contributed by atoms with E-state index in [-0.39, 0.29) is 18.7 Å². The minimum absolute atomic E-state index is 0.225. The van der Waals surface area contributed by atoms with Crippen molar-refractivity contribution in [3.05, 3.63) is 83.4 Å². The molecule has 1 N–H and O–H groups in total. The van der Waals surface area contributed by atoms with Crippen LogP contribution in [0, 0.1) is 6.92 Å². The predicted molar refractivity (Wildman–Crippen MR) is 128 cm³/mol. The molecule has 1 aliphatic rings. The number of nitrogens with zero attached hydrogens (tertiary/aromatic N) is 1. The molecule has 0 saturated heterocycles. The second kappa shape index (κ2) is 9.57. The van der Waals surface area contributed by atoms with E-state index in [1.54, 1.807) is 42.5 Å². The topological polar surface area (TPSA) is 85.3 Å². The molecule has 1 atom stereocenters. The molecule has 34 heavy (non-hydrogen) atoms. The number of carbonyl (C=O) groups excluding carboxylic acids is 2. The van der Waals surface area contributed by atoms with Crippen LogP contribution in [-0.2, 0) is 10.4 Å². The molecule has 7 nitrogen and oxygen atoms in total. The molecule has 0 fully saturated rings. The van der Waals surface area contributed by atoms with Crippen molar-refractivity contribution in [3.8, 4) is 17.2 Å². The molecule has 3 aromatic carbocycles. The summed E-state index contributed by atoms with van der Waals surface area (Å²) in [6.07, 6.45) is -0.429. The fraction of sp³-hybridized carbons (Fsp3) is 0.259. The Kier molecular flexibility index (Phi) is 6.56. The standard InChI is InChI=1S/C27H27NO6/c1-18-8-10-19(11-9-18)34-15-14-28-23-7-5-4-6-22(23)27(31,26(28)30)17-24(29)21-16-20(32-2)12-13-25(21)33-3/h4-13,16,31H,14-15,17H2,1-3H3. The maximum absolute atomic E-state index is 13.4. The highest BCUT2D eigenvalue weighted by atomic mass is 16.5. The van der Waals surface area contributed by atoms with Crippen LogP contribution in [0.5, 0.6) is 17.2 Å². The maximum Gasteiger partial charge on any atom is 0.264 e. The van der Waals surface area contributed by atoms with E-state index in [4.69, 9.17) is 14.2 Å². The summed E-state index contributed by atoms with van der Waals surface area (Å²) in [4.78, 5) is 28.2. The lowest BCUT2D eigenvalue weighted by atomic mass is 9.88. The number of Topliss-reactive ketones (excluding diaryl/α,β-unsaturated/α-hetero) is 1. The van der Waals surface area contributed by atoms with E-state index in [1.165, 1.54) is 19.1 Å². The van der Waals surface area contributed by atoms with Gasteiger partial charge >= 0.3 is 0 Å². The highest BCUT2D eigenvalue weighted by Crippen LogP contribution is 2.43. The van der Waals surface area contributed by atoms with Crippen LogP contribution in [0.1, 0.15) is 27.9 Å². The number of aryl methyl sites for hydroxylation is 1. The summed E-state index contributed by atoms with van der Waals surface area (Å²) < 4.78 is 16.3. The third-order valence-electron chi connectivity index (χ3n) is 5.97. The number of anilines is 1. The van der Waals surface area contributed by atoms with E-state index in [2.05, 4.69) is 0 Å². The van der Waals surface area contributed by atoms with Gasteiger partial charge in [0.25, 0.3) is 5.91 Å². The zero-order valence-corrected chi connectivity index (χ0v) is 19.4. The highest BCUT2D eigenvalue weighted by molar-refractivity contribution is 6.11. The van der Waals surface area contributed by atoms with Crippen LogP contribution < -0.4 is 19.1 Å². The number of ketones is 1. The summed E-state index contributed by atoms with van der Waals surface area (Å²) in [6, 6.07) is 19.4. The molecule has 1 amide bonds. The molecular formula is C27H27NO6. The summed E-state index contributed by atoms with van der Waals surface area (Å²) in [7, 11) is 2.95. The third kappa shape index (κ3) is 4.34. The summed E-state index contributed by atoms with van der Waals surface area (Å²) >= 11 is 0. The van der Waals surface area contributed by atoms with Crippen LogP contribution in [0.15, 0.2) is 66.7 Å². The number of benzene rings is 3. The minimum Gasteiger partial charge on any atom is -0.497 e. The van der Waals surface area contributed by atoms with Crippen molar-refractivity contribution in [1.82, 2.24) is 0 Å². The first-order valence-corrected chi connectivity index (χ1v) is 11.0. The van der Waals surface area contributed by atoms with Gasteiger partial charge in [-0.3, -0.25) is 9.59 Å². The molecule has 0 spiro atoms. The van der Waals surface area contributed by atoms with Crippen LogP contribution in [0.2, 0.25) is 0 Å². The number of para-hydroxylation sites is 1. The second-order valence-corrected chi connectivity index (χ2v) is 8.16. The monoisotopic (exact) mass is 461 g/mol. The van der Waals surface area contributed by atoms with Crippen LogP contribution in [-0.4, -0.2) is 44.2 Å². The van der Waals surface area contributed by atoms with Crippen molar-refractivity contribution in [2.45, 2.75) is 18.9 Å². The average Bonchev–Trinajstić information content (AvgIpc) is 3.06. The SMILES string of the molecule is COc1ccc(OC)c(C(=O)CC2(O)C(=O)N(CCOc3ccc(C)cc3)c3ccccc32)c1. The van der Waals surface area contributed by atoms with Gasteiger partial charge in [-0.15, -0.1) is 0 Å². The van der Waals surface area contributed by atoms with Crippen molar-refractivity contribution < 1.29 is 28.9 Å². The summed E-state index contributed by atoms with van der Waals surface area (Å²) in [5, 5.41) is 11.5. The molecule has 0 saturated carbocycles. The Bertz CT molecular complexity index is 1210. The normalized spacial score (nSPS) is 16.8. The predicted octanol–water partition coefficient (Wildman–Crippen LogP) is 3.90. The van der Waals surface area contributed by atoms with Crippen LogP contribution >= 0.6 is 0 Å². The fourth-order valence-corrected chi connectivity index (χ4v) is 4.15. The van der Waals surface area contributed by atoms with Gasteiger partial charge in [-0.05, 0) is 43.3 Å². The number of ether oxygens (including phenoxy) is 3. The fourth-order valence-electron chi connectivity index (χ4n) is 4.15. The van der Waals surface area contributed by atoms with E-state index in [1.807, 2.05) is 31.2 Å². The first-order valence-electron chi connectivity index (χ1n) is 11.0. The Balaban J connectivity index is 1.56. The lowest BCUT2D eigenvalue weighted by Crippen LogP contribution is -2.43. The lowest BCUT2D eigenvalue weighted by molar-refractivity contribution is -0.135. The molecule has 1 unspecified atom stereocenters. The van der Waals surface area contributed by atoms with Gasteiger partial charge in [-0.25, -0.2) is 0 Å². The molecule has 176 valence electrons. The molecule has 1 heterocycles. The van der Waals surface area contributed by atoms with E-state index in [9.17, 15) is 14.7 Å². The summed E-state index contributed by atoms with van der Waals surface area (Å²) in [6.45, 7) is 2.45. The molecule has 0 aliphatic carbocycles. The zero-order chi connectivity index (χ0) is 24.3.